The minimum atomic E-state index is 0.302. The molecule has 0 bridgehead atoms. The van der Waals surface area contributed by atoms with Crippen molar-refractivity contribution in [2.75, 3.05) is 7.11 Å². The third kappa shape index (κ3) is 2.30. The van der Waals surface area contributed by atoms with Crippen LogP contribution < -0.4 is 0 Å². The molecule has 0 aromatic carbocycles. The number of nitriles is 1. The molecule has 0 aromatic heterocycles. The summed E-state index contributed by atoms with van der Waals surface area (Å²) in [5.41, 5.74) is 1.75. The Balaban J connectivity index is 1.64. The van der Waals surface area contributed by atoms with Gasteiger partial charge < -0.3 is 4.74 Å². The van der Waals surface area contributed by atoms with Gasteiger partial charge in [-0.3, -0.25) is 0 Å². The first-order valence-corrected chi connectivity index (χ1v) is 9.81. The predicted molar refractivity (Wildman–Crippen MR) is 91.6 cm³/mol. The molecule has 4 fully saturated rings. The number of fused-ring (bicyclic) bond motifs is 5. The SMILES string of the molecule is COC1CC2C(CCC3(C)/C(=C\C#N)CCC23)C2CCCCC12. The Bertz CT molecular complexity index is 532. The summed E-state index contributed by atoms with van der Waals surface area (Å²) < 4.78 is 6.00. The molecule has 0 aromatic rings. The van der Waals surface area contributed by atoms with Crippen LogP contribution in [-0.2, 0) is 4.74 Å². The topological polar surface area (TPSA) is 33.0 Å². The Kier molecular flexibility index (Phi) is 4.04. The van der Waals surface area contributed by atoms with E-state index in [1.54, 1.807) is 0 Å². The third-order valence-electron chi connectivity index (χ3n) is 8.29. The van der Waals surface area contributed by atoms with E-state index in [-0.39, 0.29) is 0 Å². The lowest BCUT2D eigenvalue weighted by molar-refractivity contribution is -0.114. The van der Waals surface area contributed by atoms with Crippen LogP contribution in [0.5, 0.6) is 0 Å². The average molecular weight is 313 g/mol. The van der Waals surface area contributed by atoms with Crippen LogP contribution in [0, 0.1) is 46.3 Å². The van der Waals surface area contributed by atoms with E-state index in [9.17, 15) is 0 Å². The lowest BCUT2D eigenvalue weighted by Gasteiger charge is -2.56. The number of rotatable bonds is 1. The molecule has 0 aliphatic heterocycles. The summed E-state index contributed by atoms with van der Waals surface area (Å²) in [6.07, 6.45) is 14.5. The maximum Gasteiger partial charge on any atom is 0.0911 e. The fraction of sp³-hybridized carbons (Fsp3) is 0.857. The van der Waals surface area contributed by atoms with Gasteiger partial charge >= 0.3 is 0 Å². The number of hydrogen-bond donors (Lipinski definition) is 0. The minimum absolute atomic E-state index is 0.302. The summed E-state index contributed by atoms with van der Waals surface area (Å²) >= 11 is 0. The average Bonchev–Trinajstić information content (AvgIpc) is 2.91. The van der Waals surface area contributed by atoms with E-state index in [1.165, 1.54) is 56.9 Å². The summed E-state index contributed by atoms with van der Waals surface area (Å²) in [6, 6.07) is 2.32. The van der Waals surface area contributed by atoms with E-state index < -0.39 is 0 Å². The Morgan fingerprint density at radius 3 is 2.57 bits per heavy atom. The van der Waals surface area contributed by atoms with Crippen LogP contribution in [0.15, 0.2) is 11.6 Å². The van der Waals surface area contributed by atoms with E-state index in [2.05, 4.69) is 13.0 Å². The lowest BCUT2D eigenvalue weighted by atomic mass is 9.50. The van der Waals surface area contributed by atoms with Crippen molar-refractivity contribution in [3.8, 4) is 6.07 Å². The number of nitrogens with zero attached hydrogens (tertiary/aromatic N) is 1. The molecule has 4 aliphatic rings. The van der Waals surface area contributed by atoms with E-state index in [0.29, 0.717) is 11.5 Å². The zero-order valence-corrected chi connectivity index (χ0v) is 14.8. The summed E-state index contributed by atoms with van der Waals surface area (Å²) in [6.45, 7) is 2.46. The fourth-order valence-corrected chi connectivity index (χ4v) is 7.25. The van der Waals surface area contributed by atoms with E-state index in [0.717, 1.165) is 36.0 Å². The van der Waals surface area contributed by atoms with Crippen molar-refractivity contribution >= 4 is 0 Å². The number of methoxy groups -OCH3 is 1. The maximum atomic E-state index is 9.15. The highest BCUT2D eigenvalue weighted by Gasteiger charge is 2.56. The van der Waals surface area contributed by atoms with Crippen molar-refractivity contribution in [2.45, 2.75) is 70.8 Å². The van der Waals surface area contributed by atoms with Crippen molar-refractivity contribution in [1.29, 1.82) is 5.26 Å². The first-order chi connectivity index (χ1) is 11.2. The quantitative estimate of drug-likeness (QED) is 0.631. The number of hydrogen-bond acceptors (Lipinski definition) is 2. The van der Waals surface area contributed by atoms with Crippen molar-refractivity contribution in [2.24, 2.45) is 35.0 Å². The van der Waals surface area contributed by atoms with Crippen molar-refractivity contribution in [3.63, 3.8) is 0 Å². The van der Waals surface area contributed by atoms with Gasteiger partial charge in [-0.1, -0.05) is 25.3 Å². The van der Waals surface area contributed by atoms with Crippen LogP contribution in [0.2, 0.25) is 0 Å². The smallest absolute Gasteiger partial charge is 0.0911 e. The lowest BCUT2D eigenvalue weighted by Crippen LogP contribution is -2.51. The van der Waals surface area contributed by atoms with Gasteiger partial charge in [0.25, 0.3) is 0 Å². The number of ether oxygens (including phenoxy) is 1. The molecule has 7 atom stereocenters. The summed E-state index contributed by atoms with van der Waals surface area (Å²) in [4.78, 5) is 0. The Hall–Kier alpha value is -0.810. The van der Waals surface area contributed by atoms with Gasteiger partial charge in [-0.05, 0) is 80.0 Å². The normalized spacial score (nSPS) is 50.7. The molecular formula is C21H31NO. The molecule has 2 heteroatoms. The van der Waals surface area contributed by atoms with Gasteiger partial charge in [0.05, 0.1) is 12.2 Å². The summed E-state index contributed by atoms with van der Waals surface area (Å²) in [5, 5.41) is 9.15. The number of allylic oxidation sites excluding steroid dienone is 2. The highest BCUT2D eigenvalue weighted by Crippen LogP contribution is 2.64. The van der Waals surface area contributed by atoms with Crippen LogP contribution >= 0.6 is 0 Å². The van der Waals surface area contributed by atoms with Crippen molar-refractivity contribution in [3.05, 3.63) is 11.6 Å². The van der Waals surface area contributed by atoms with Gasteiger partial charge in [-0.25, -0.2) is 0 Å². The minimum Gasteiger partial charge on any atom is -0.381 e. The van der Waals surface area contributed by atoms with Gasteiger partial charge in [-0.15, -0.1) is 0 Å². The molecular weight excluding hydrogens is 282 g/mol. The van der Waals surface area contributed by atoms with Crippen LogP contribution in [0.4, 0.5) is 0 Å². The highest BCUT2D eigenvalue weighted by molar-refractivity contribution is 5.28. The van der Waals surface area contributed by atoms with E-state index in [4.69, 9.17) is 10.00 Å². The third-order valence-corrected chi connectivity index (χ3v) is 8.29. The van der Waals surface area contributed by atoms with E-state index in [1.807, 2.05) is 13.2 Å². The second-order valence-electron chi connectivity index (χ2n) is 8.85. The molecule has 0 saturated heterocycles. The molecule has 126 valence electrons. The van der Waals surface area contributed by atoms with Gasteiger partial charge in [0, 0.05) is 13.2 Å². The second kappa shape index (κ2) is 5.92. The summed E-state index contributed by atoms with van der Waals surface area (Å²) in [7, 11) is 1.94. The molecule has 0 radical (unpaired) electrons. The summed E-state index contributed by atoms with van der Waals surface area (Å²) in [5.74, 6) is 4.31. The van der Waals surface area contributed by atoms with Gasteiger partial charge in [-0.2, -0.15) is 5.26 Å². The fourth-order valence-electron chi connectivity index (χ4n) is 7.25. The van der Waals surface area contributed by atoms with Crippen molar-refractivity contribution < 1.29 is 4.74 Å². The van der Waals surface area contributed by atoms with Crippen LogP contribution in [0.3, 0.4) is 0 Å². The molecule has 4 saturated carbocycles. The van der Waals surface area contributed by atoms with Gasteiger partial charge in [0.2, 0.25) is 0 Å². The second-order valence-corrected chi connectivity index (χ2v) is 8.85. The molecule has 23 heavy (non-hydrogen) atoms. The molecule has 0 heterocycles. The van der Waals surface area contributed by atoms with Crippen molar-refractivity contribution in [1.82, 2.24) is 0 Å². The van der Waals surface area contributed by atoms with Gasteiger partial charge in [0.15, 0.2) is 0 Å². The van der Waals surface area contributed by atoms with E-state index >= 15 is 0 Å². The zero-order chi connectivity index (χ0) is 16.0. The molecule has 0 amide bonds. The predicted octanol–water partition coefficient (Wildman–Crippen LogP) is 5.10. The maximum absolute atomic E-state index is 9.15. The molecule has 0 N–H and O–H groups in total. The molecule has 4 rings (SSSR count). The standard InChI is InChI=1S/C21H31NO/c1-21-11-9-16-15-5-3-4-6-17(15)20(23-2)13-18(16)19(21)8-7-14(21)10-12-22/h10,15-20H,3-9,11,13H2,1-2H3/b14-10-. The monoisotopic (exact) mass is 313 g/mol. The first kappa shape index (κ1) is 15.7. The molecule has 2 nitrogen and oxygen atoms in total. The largest absolute Gasteiger partial charge is 0.381 e. The van der Waals surface area contributed by atoms with Gasteiger partial charge in [0.1, 0.15) is 0 Å². The Labute approximate surface area is 141 Å². The Morgan fingerprint density at radius 2 is 1.83 bits per heavy atom. The first-order valence-electron chi connectivity index (χ1n) is 9.81. The highest BCUT2D eigenvalue weighted by atomic mass is 16.5. The molecule has 7 unspecified atom stereocenters. The molecule has 0 spiro atoms. The molecule has 4 aliphatic carbocycles. The van der Waals surface area contributed by atoms with Crippen LogP contribution in [0.1, 0.15) is 64.7 Å². The van der Waals surface area contributed by atoms with Crippen LogP contribution in [0.25, 0.3) is 0 Å². The Morgan fingerprint density at radius 1 is 1.09 bits per heavy atom. The van der Waals surface area contributed by atoms with Crippen LogP contribution in [-0.4, -0.2) is 13.2 Å². The zero-order valence-electron chi connectivity index (χ0n) is 14.8.